The van der Waals surface area contributed by atoms with E-state index in [4.69, 9.17) is 6.42 Å². The fourth-order valence-electron chi connectivity index (χ4n) is 3.28. The molecule has 0 fully saturated rings. The molecule has 1 heterocycles. The van der Waals surface area contributed by atoms with Crippen LogP contribution in [0.2, 0.25) is 0 Å². The fraction of sp³-hybridized carbons (Fsp3) is 0.333. The number of rotatable bonds is 8. The molecule has 1 aromatic heterocycles. The minimum absolute atomic E-state index is 0.0180. The van der Waals surface area contributed by atoms with Gasteiger partial charge in [0.25, 0.3) is 0 Å². The normalized spacial score (nSPS) is 12.4. The van der Waals surface area contributed by atoms with Crippen molar-refractivity contribution >= 4 is 37.3 Å². The molecule has 0 spiro atoms. The first kappa shape index (κ1) is 23.0. The molecular formula is C24H26N2O3S2. The lowest BCUT2D eigenvalue weighted by atomic mass is 10.0. The number of benzene rings is 2. The second-order valence-electron chi connectivity index (χ2n) is 7.74. The van der Waals surface area contributed by atoms with E-state index in [1.807, 2.05) is 28.8 Å². The molecule has 7 heteroatoms. The molecule has 31 heavy (non-hydrogen) atoms. The van der Waals surface area contributed by atoms with Gasteiger partial charge in [0.15, 0.2) is 14.6 Å². The average molecular weight is 455 g/mol. The van der Waals surface area contributed by atoms with Gasteiger partial charge in [-0.3, -0.25) is 4.79 Å². The monoisotopic (exact) mass is 454 g/mol. The van der Waals surface area contributed by atoms with Crippen LogP contribution in [0.15, 0.2) is 53.5 Å². The lowest BCUT2D eigenvalue weighted by Crippen LogP contribution is -2.17. The second-order valence-corrected chi connectivity index (χ2v) is 10.9. The Morgan fingerprint density at radius 3 is 2.61 bits per heavy atom. The van der Waals surface area contributed by atoms with Crippen molar-refractivity contribution < 1.29 is 13.2 Å². The summed E-state index contributed by atoms with van der Waals surface area (Å²) < 4.78 is 27.5. The molecule has 2 aromatic carbocycles. The van der Waals surface area contributed by atoms with Crippen LogP contribution in [0.3, 0.4) is 0 Å². The maximum atomic E-state index is 12.4. The van der Waals surface area contributed by atoms with Crippen molar-refractivity contribution in [3.8, 4) is 12.3 Å². The number of terminal acetylenes is 1. The number of thiazole rings is 1. The predicted octanol–water partition coefficient (Wildman–Crippen LogP) is 4.28. The molecular weight excluding hydrogens is 428 g/mol. The number of nitrogens with zero attached hydrogens (tertiary/aromatic N) is 2. The molecule has 3 rings (SSSR count). The van der Waals surface area contributed by atoms with Crippen LogP contribution in [0.5, 0.6) is 0 Å². The molecule has 0 aliphatic carbocycles. The molecule has 0 N–H and O–H groups in total. The SMILES string of the molecule is C#CCn1c(=NC(=O)CCCS(=O)(=O)Cc2ccccc2)sc2cc(C(C)C)ccc21. The van der Waals surface area contributed by atoms with Gasteiger partial charge in [-0.05, 0) is 35.6 Å². The quantitative estimate of drug-likeness (QED) is 0.477. The molecule has 5 nitrogen and oxygen atoms in total. The standard InChI is InChI=1S/C24H26N2O3S2/c1-4-14-26-21-13-12-20(18(2)3)16-22(21)30-24(26)25-23(27)11-8-15-31(28,29)17-19-9-6-5-7-10-19/h1,5-7,9-10,12-13,16,18H,8,11,14-15,17H2,2-3H3. The highest BCUT2D eigenvalue weighted by Gasteiger charge is 2.14. The molecule has 0 radical (unpaired) electrons. The molecule has 0 aliphatic rings. The first-order chi connectivity index (χ1) is 14.8. The van der Waals surface area contributed by atoms with E-state index in [0.717, 1.165) is 15.8 Å². The Bertz CT molecular complexity index is 1280. The van der Waals surface area contributed by atoms with E-state index in [2.05, 4.69) is 36.9 Å². The van der Waals surface area contributed by atoms with E-state index >= 15 is 0 Å². The third-order valence-corrected chi connectivity index (χ3v) is 7.64. The number of hydrogen-bond donors (Lipinski definition) is 0. The Morgan fingerprint density at radius 1 is 1.19 bits per heavy atom. The number of aromatic nitrogens is 1. The number of fused-ring (bicyclic) bond motifs is 1. The van der Waals surface area contributed by atoms with Crippen molar-refractivity contribution in [2.75, 3.05) is 5.75 Å². The zero-order valence-electron chi connectivity index (χ0n) is 17.7. The number of carbonyl (C=O) groups excluding carboxylic acids is 1. The van der Waals surface area contributed by atoms with Crippen LogP contribution in [-0.2, 0) is 26.9 Å². The third kappa shape index (κ3) is 6.16. The van der Waals surface area contributed by atoms with Gasteiger partial charge in [-0.1, -0.05) is 67.5 Å². The molecule has 0 bridgehead atoms. The molecule has 0 aliphatic heterocycles. The number of sulfone groups is 1. The molecule has 0 unspecified atom stereocenters. The van der Waals surface area contributed by atoms with Crippen molar-refractivity contribution in [2.45, 2.75) is 44.9 Å². The highest BCUT2D eigenvalue weighted by Crippen LogP contribution is 2.23. The zero-order valence-corrected chi connectivity index (χ0v) is 19.4. The Labute approximate surface area is 187 Å². The second kappa shape index (κ2) is 10.1. The van der Waals surface area contributed by atoms with Gasteiger partial charge in [0.1, 0.15) is 0 Å². The Morgan fingerprint density at radius 2 is 1.94 bits per heavy atom. The van der Waals surface area contributed by atoms with E-state index in [1.165, 1.54) is 16.9 Å². The first-order valence-corrected chi connectivity index (χ1v) is 12.8. The Balaban J connectivity index is 1.73. The van der Waals surface area contributed by atoms with Gasteiger partial charge >= 0.3 is 0 Å². The first-order valence-electron chi connectivity index (χ1n) is 10.2. The van der Waals surface area contributed by atoms with Gasteiger partial charge in [0.2, 0.25) is 5.91 Å². The highest BCUT2D eigenvalue weighted by molar-refractivity contribution is 7.90. The summed E-state index contributed by atoms with van der Waals surface area (Å²) in [6, 6.07) is 15.2. The smallest absolute Gasteiger partial charge is 0.248 e. The van der Waals surface area contributed by atoms with Gasteiger partial charge in [0.05, 0.1) is 28.3 Å². The number of hydrogen-bond acceptors (Lipinski definition) is 4. The number of carbonyl (C=O) groups is 1. The largest absolute Gasteiger partial charge is 0.305 e. The van der Waals surface area contributed by atoms with Gasteiger partial charge in [-0.25, -0.2) is 8.42 Å². The average Bonchev–Trinajstić information content (AvgIpc) is 3.04. The minimum atomic E-state index is -3.28. The summed E-state index contributed by atoms with van der Waals surface area (Å²) in [6.07, 6.45) is 5.84. The molecule has 1 amide bonds. The van der Waals surface area contributed by atoms with E-state index in [0.29, 0.717) is 17.3 Å². The lowest BCUT2D eigenvalue weighted by Gasteiger charge is -2.05. The minimum Gasteiger partial charge on any atom is -0.305 e. The third-order valence-electron chi connectivity index (χ3n) is 4.92. The van der Waals surface area contributed by atoms with Crippen LogP contribution in [0.4, 0.5) is 0 Å². The summed E-state index contributed by atoms with van der Waals surface area (Å²) in [5.74, 6) is 2.62. The molecule has 0 saturated heterocycles. The van der Waals surface area contributed by atoms with Crippen LogP contribution in [0, 0.1) is 12.3 Å². The maximum Gasteiger partial charge on any atom is 0.248 e. The van der Waals surface area contributed by atoms with Crippen molar-refractivity contribution in [1.82, 2.24) is 4.57 Å². The molecule has 0 saturated carbocycles. The molecule has 162 valence electrons. The summed E-state index contributed by atoms with van der Waals surface area (Å²) in [7, 11) is -3.28. The van der Waals surface area contributed by atoms with Gasteiger partial charge in [-0.15, -0.1) is 6.42 Å². The number of amides is 1. The predicted molar refractivity (Wildman–Crippen MR) is 126 cm³/mol. The summed E-state index contributed by atoms with van der Waals surface area (Å²) in [5, 5.41) is 0. The van der Waals surface area contributed by atoms with E-state index in [9.17, 15) is 13.2 Å². The van der Waals surface area contributed by atoms with Gasteiger partial charge in [-0.2, -0.15) is 4.99 Å². The van der Waals surface area contributed by atoms with E-state index in [-0.39, 0.29) is 30.3 Å². The molecule has 3 aromatic rings. The van der Waals surface area contributed by atoms with Crippen molar-refractivity contribution in [1.29, 1.82) is 0 Å². The van der Waals surface area contributed by atoms with E-state index < -0.39 is 9.84 Å². The summed E-state index contributed by atoms with van der Waals surface area (Å²) in [6.45, 7) is 4.58. The van der Waals surface area contributed by atoms with Crippen molar-refractivity contribution in [3.05, 3.63) is 64.5 Å². The topological polar surface area (TPSA) is 68.5 Å². The van der Waals surface area contributed by atoms with Gasteiger partial charge in [0, 0.05) is 6.42 Å². The van der Waals surface area contributed by atoms with Crippen LogP contribution >= 0.6 is 11.3 Å². The molecule has 0 atom stereocenters. The van der Waals surface area contributed by atoms with Crippen LogP contribution in [-0.4, -0.2) is 24.6 Å². The Hall–Kier alpha value is -2.69. The Kier molecular flexibility index (Phi) is 7.47. The summed E-state index contributed by atoms with van der Waals surface area (Å²) in [4.78, 5) is 17.2. The summed E-state index contributed by atoms with van der Waals surface area (Å²) in [5.41, 5.74) is 2.91. The van der Waals surface area contributed by atoms with Crippen LogP contribution in [0.25, 0.3) is 10.2 Å². The van der Waals surface area contributed by atoms with Crippen LogP contribution in [0.1, 0.15) is 43.7 Å². The van der Waals surface area contributed by atoms with Gasteiger partial charge < -0.3 is 4.57 Å². The van der Waals surface area contributed by atoms with E-state index in [1.54, 1.807) is 12.1 Å². The lowest BCUT2D eigenvalue weighted by molar-refractivity contribution is -0.118. The van der Waals surface area contributed by atoms with Crippen LogP contribution < -0.4 is 4.80 Å². The fourth-order valence-corrected chi connectivity index (χ4v) is 5.81. The zero-order chi connectivity index (χ0) is 22.4. The highest BCUT2D eigenvalue weighted by atomic mass is 32.2. The van der Waals surface area contributed by atoms with Crippen molar-refractivity contribution in [3.63, 3.8) is 0 Å². The summed E-state index contributed by atoms with van der Waals surface area (Å²) >= 11 is 1.43. The maximum absolute atomic E-state index is 12.4. The van der Waals surface area contributed by atoms with Crippen molar-refractivity contribution in [2.24, 2.45) is 4.99 Å².